The van der Waals surface area contributed by atoms with E-state index in [2.05, 4.69) is 93.5 Å². The number of rotatable bonds is 6. The van der Waals surface area contributed by atoms with Gasteiger partial charge < -0.3 is 4.90 Å². The van der Waals surface area contributed by atoms with Crippen LogP contribution < -0.4 is 4.90 Å². The van der Waals surface area contributed by atoms with Crippen molar-refractivity contribution >= 4 is 71.6 Å². The number of aromatic nitrogens is 1. The molecule has 0 aliphatic heterocycles. The zero-order valence-electron chi connectivity index (χ0n) is 24.2. The number of nitrogens with zero attached hydrogens (tertiary/aromatic N) is 2. The Hall–Kier alpha value is -5.71. The molecule has 9 rings (SSSR count). The first kappa shape index (κ1) is 25.8. The van der Waals surface area contributed by atoms with E-state index >= 15 is 0 Å². The van der Waals surface area contributed by atoms with Crippen molar-refractivity contribution < 1.29 is 4.79 Å². The lowest BCUT2D eigenvalue weighted by Crippen LogP contribution is -2.10. The molecule has 0 amide bonds. The molecule has 3 aromatic heterocycles. The lowest BCUT2D eigenvalue weighted by atomic mass is 9.97. The number of fused-ring (bicyclic) bond motifs is 6. The molecule has 0 saturated carbocycles. The van der Waals surface area contributed by atoms with E-state index in [1.54, 1.807) is 11.3 Å². The van der Waals surface area contributed by atoms with Crippen molar-refractivity contribution in [1.82, 2.24) is 4.40 Å². The smallest absolute Gasteiger partial charge is 0.193 e. The summed E-state index contributed by atoms with van der Waals surface area (Å²) in [6, 6.07) is 52.0. The molecule has 0 aliphatic carbocycles. The van der Waals surface area contributed by atoms with Gasteiger partial charge in [0.2, 0.25) is 0 Å². The molecule has 3 heterocycles. The zero-order valence-corrected chi connectivity index (χ0v) is 25.0. The Morgan fingerprint density at radius 2 is 1.07 bits per heavy atom. The van der Waals surface area contributed by atoms with Gasteiger partial charge in [0.15, 0.2) is 5.78 Å². The molecule has 0 fully saturated rings. The highest BCUT2D eigenvalue weighted by Crippen LogP contribution is 2.43. The van der Waals surface area contributed by atoms with E-state index in [-0.39, 0.29) is 5.78 Å². The van der Waals surface area contributed by atoms with Gasteiger partial charge >= 0.3 is 0 Å². The number of anilines is 3. The molecule has 45 heavy (non-hydrogen) atoms. The average molecular weight is 595 g/mol. The number of benzene rings is 6. The molecular formula is C41H26N2OS. The zero-order chi connectivity index (χ0) is 29.9. The summed E-state index contributed by atoms with van der Waals surface area (Å²) in [4.78, 5) is 17.1. The fourth-order valence-corrected chi connectivity index (χ4v) is 7.64. The van der Waals surface area contributed by atoms with Crippen LogP contribution >= 0.6 is 11.3 Å². The summed E-state index contributed by atoms with van der Waals surface area (Å²) >= 11 is 1.79. The number of para-hydroxylation sites is 3. The second-order valence-corrected chi connectivity index (χ2v) is 12.3. The van der Waals surface area contributed by atoms with Crippen LogP contribution in [0.3, 0.4) is 0 Å². The van der Waals surface area contributed by atoms with Crippen LogP contribution in [0.1, 0.15) is 15.9 Å². The lowest BCUT2D eigenvalue weighted by molar-refractivity contribution is 0.103. The van der Waals surface area contributed by atoms with E-state index in [0.717, 1.165) is 28.2 Å². The Balaban J connectivity index is 1.05. The van der Waals surface area contributed by atoms with Crippen LogP contribution in [0.25, 0.3) is 48.5 Å². The van der Waals surface area contributed by atoms with E-state index in [9.17, 15) is 4.79 Å². The number of thiophene rings is 1. The van der Waals surface area contributed by atoms with Crippen molar-refractivity contribution in [2.45, 2.75) is 0 Å². The summed E-state index contributed by atoms with van der Waals surface area (Å²) < 4.78 is 2.41. The molecule has 0 aliphatic rings. The minimum atomic E-state index is 0.0131. The van der Waals surface area contributed by atoms with Crippen molar-refractivity contribution in [3.05, 3.63) is 168 Å². The lowest BCUT2D eigenvalue weighted by Gasteiger charge is -2.25. The summed E-state index contributed by atoms with van der Waals surface area (Å²) in [5.74, 6) is 0.0131. The molecule has 0 N–H and O–H groups in total. The predicted octanol–water partition coefficient (Wildman–Crippen LogP) is 11.3. The Morgan fingerprint density at radius 1 is 0.511 bits per heavy atom. The van der Waals surface area contributed by atoms with Gasteiger partial charge in [0.1, 0.15) is 4.83 Å². The summed E-state index contributed by atoms with van der Waals surface area (Å²) in [6.45, 7) is 0. The van der Waals surface area contributed by atoms with Gasteiger partial charge in [-0.05, 0) is 89.3 Å². The molecule has 0 saturated heterocycles. The van der Waals surface area contributed by atoms with Gasteiger partial charge in [0.25, 0.3) is 0 Å². The van der Waals surface area contributed by atoms with E-state index in [1.165, 1.54) is 37.4 Å². The maximum Gasteiger partial charge on any atom is 0.193 e. The number of hydrogen-bond donors (Lipinski definition) is 0. The first-order chi connectivity index (χ1) is 22.2. The molecule has 212 valence electrons. The molecule has 9 aromatic rings. The number of hydrogen-bond acceptors (Lipinski definition) is 3. The predicted molar refractivity (Wildman–Crippen MR) is 189 cm³/mol. The molecule has 0 radical (unpaired) electrons. The van der Waals surface area contributed by atoms with Gasteiger partial charge in [-0.3, -0.25) is 9.20 Å². The van der Waals surface area contributed by atoms with Crippen LogP contribution in [-0.4, -0.2) is 10.2 Å². The largest absolute Gasteiger partial charge is 0.311 e. The van der Waals surface area contributed by atoms with Crippen LogP contribution in [0.4, 0.5) is 17.1 Å². The van der Waals surface area contributed by atoms with Crippen molar-refractivity contribution in [2.24, 2.45) is 0 Å². The second kappa shape index (κ2) is 10.2. The maximum absolute atomic E-state index is 13.6. The standard InChI is InChI=1S/C41H26N2OS/c44-40(29-19-21-33(22-20-29)42(31-9-3-1-4-10-31)32-11-5-2-6-12-32)28-17-15-27(16-18-28)30-25-36-34-13-7-8-14-38(34)43-39(36)37(26-30)35-23-24-45-41(35)43/h1-26H. The SMILES string of the molecule is O=C(c1ccc(-c2cc3c4ccccc4n4c5sccc5c(c2)c34)cc1)c1ccc(N(c2ccccc2)c2ccccc2)cc1. The average Bonchev–Trinajstić information content (AvgIpc) is 3.80. The highest BCUT2D eigenvalue weighted by atomic mass is 32.1. The van der Waals surface area contributed by atoms with Crippen LogP contribution in [0, 0.1) is 0 Å². The third-order valence-corrected chi connectivity index (χ3v) is 9.70. The van der Waals surface area contributed by atoms with Gasteiger partial charge in [0.05, 0.1) is 11.0 Å². The van der Waals surface area contributed by atoms with Crippen LogP contribution in [-0.2, 0) is 0 Å². The molecule has 0 spiro atoms. The van der Waals surface area contributed by atoms with E-state index in [1.807, 2.05) is 72.8 Å². The minimum absolute atomic E-state index is 0.0131. The number of ketones is 1. The molecule has 4 heteroatoms. The Kier molecular flexibility index (Phi) is 5.83. The highest BCUT2D eigenvalue weighted by molar-refractivity contribution is 7.17. The number of carbonyl (C=O) groups excluding carboxylic acids is 1. The molecule has 0 bridgehead atoms. The Labute approximate surface area is 264 Å². The second-order valence-electron chi connectivity index (χ2n) is 11.4. The molecule has 6 aromatic carbocycles. The quantitative estimate of drug-likeness (QED) is 0.179. The highest BCUT2D eigenvalue weighted by Gasteiger charge is 2.20. The fraction of sp³-hybridized carbons (Fsp3) is 0. The van der Waals surface area contributed by atoms with Crippen molar-refractivity contribution in [3.8, 4) is 11.1 Å². The first-order valence-corrected chi connectivity index (χ1v) is 15.9. The van der Waals surface area contributed by atoms with Gasteiger partial charge in [0, 0.05) is 49.7 Å². The van der Waals surface area contributed by atoms with Crippen molar-refractivity contribution in [1.29, 1.82) is 0 Å². The van der Waals surface area contributed by atoms with E-state index in [0.29, 0.717) is 11.1 Å². The van der Waals surface area contributed by atoms with E-state index in [4.69, 9.17) is 0 Å². The van der Waals surface area contributed by atoms with Gasteiger partial charge in [-0.15, -0.1) is 11.3 Å². The summed E-state index contributed by atoms with van der Waals surface area (Å²) in [5, 5.41) is 7.27. The summed E-state index contributed by atoms with van der Waals surface area (Å²) in [7, 11) is 0. The third-order valence-electron chi connectivity index (χ3n) is 8.80. The Morgan fingerprint density at radius 3 is 1.73 bits per heavy atom. The fourth-order valence-electron chi connectivity index (χ4n) is 6.70. The van der Waals surface area contributed by atoms with Crippen LogP contribution in [0.15, 0.2) is 157 Å². The summed E-state index contributed by atoms with van der Waals surface area (Å²) in [5.41, 5.74) is 9.26. The van der Waals surface area contributed by atoms with Crippen molar-refractivity contribution in [2.75, 3.05) is 4.90 Å². The molecule has 0 unspecified atom stereocenters. The van der Waals surface area contributed by atoms with Crippen LogP contribution in [0.5, 0.6) is 0 Å². The van der Waals surface area contributed by atoms with E-state index < -0.39 is 0 Å². The number of carbonyl (C=O) groups is 1. The van der Waals surface area contributed by atoms with Gasteiger partial charge in [-0.1, -0.05) is 78.9 Å². The van der Waals surface area contributed by atoms with Gasteiger partial charge in [-0.25, -0.2) is 0 Å². The summed E-state index contributed by atoms with van der Waals surface area (Å²) in [6.07, 6.45) is 0. The van der Waals surface area contributed by atoms with Gasteiger partial charge in [-0.2, -0.15) is 0 Å². The minimum Gasteiger partial charge on any atom is -0.311 e. The molecular weight excluding hydrogens is 569 g/mol. The maximum atomic E-state index is 13.6. The first-order valence-electron chi connectivity index (χ1n) is 15.1. The molecule has 0 atom stereocenters. The topological polar surface area (TPSA) is 24.7 Å². The monoisotopic (exact) mass is 594 g/mol. The molecule has 3 nitrogen and oxygen atoms in total. The van der Waals surface area contributed by atoms with Crippen LogP contribution in [0.2, 0.25) is 0 Å². The third kappa shape index (κ3) is 4.07. The van der Waals surface area contributed by atoms with Crippen molar-refractivity contribution in [3.63, 3.8) is 0 Å². The normalized spacial score (nSPS) is 11.6. The Bertz CT molecular complexity index is 2440.